The second-order valence-corrected chi connectivity index (χ2v) is 7.89. The lowest BCUT2D eigenvalue weighted by atomic mass is 9.99. The highest BCUT2D eigenvalue weighted by atomic mass is 35.5. The Labute approximate surface area is 184 Å². The zero-order valence-corrected chi connectivity index (χ0v) is 17.8. The molecular weight excluding hydrogens is 423 g/mol. The lowest BCUT2D eigenvalue weighted by Gasteiger charge is -2.20. The average Bonchev–Trinajstić information content (AvgIpc) is 3.06. The molecule has 0 saturated carbocycles. The first-order valence-corrected chi connectivity index (χ1v) is 10.2. The summed E-state index contributed by atoms with van der Waals surface area (Å²) in [7, 11) is 1.98. The van der Waals surface area contributed by atoms with Gasteiger partial charge in [0.25, 0.3) is 0 Å². The molecule has 164 valence electrons. The van der Waals surface area contributed by atoms with E-state index in [1.807, 2.05) is 24.5 Å². The van der Waals surface area contributed by atoms with Crippen LogP contribution in [0.1, 0.15) is 22.7 Å². The minimum atomic E-state index is -0.898. The highest BCUT2D eigenvalue weighted by molar-refractivity contribution is 6.39. The predicted molar refractivity (Wildman–Crippen MR) is 115 cm³/mol. The third kappa shape index (κ3) is 5.50. The van der Waals surface area contributed by atoms with E-state index in [0.717, 1.165) is 29.3 Å². The van der Waals surface area contributed by atoms with Gasteiger partial charge in [-0.2, -0.15) is 0 Å². The SMILES string of the molecule is C[NH2+]Cc1ccc2c(c1)[C@H](NC(=O)C(=O)Nc1ccc(Cl)c(F)c1)[C@@H](C[NH+]=C(N)N)C2. The van der Waals surface area contributed by atoms with Crippen molar-refractivity contribution in [2.24, 2.45) is 17.4 Å². The number of quaternary nitrogens is 1. The Balaban J connectivity index is 1.79. The van der Waals surface area contributed by atoms with Crippen LogP contribution in [-0.4, -0.2) is 31.4 Å². The molecule has 10 heteroatoms. The highest BCUT2D eigenvalue weighted by Gasteiger charge is 2.35. The van der Waals surface area contributed by atoms with E-state index in [-0.39, 0.29) is 22.6 Å². The van der Waals surface area contributed by atoms with Crippen molar-refractivity contribution in [2.75, 3.05) is 18.9 Å². The zero-order chi connectivity index (χ0) is 22.5. The van der Waals surface area contributed by atoms with E-state index in [4.69, 9.17) is 23.1 Å². The van der Waals surface area contributed by atoms with Gasteiger partial charge < -0.3 is 16.0 Å². The first-order chi connectivity index (χ1) is 14.8. The summed E-state index contributed by atoms with van der Waals surface area (Å²) in [6.45, 7) is 1.23. The third-order valence-electron chi connectivity index (χ3n) is 5.18. The Bertz CT molecular complexity index is 1020. The number of rotatable bonds is 6. The van der Waals surface area contributed by atoms with Gasteiger partial charge in [-0.15, -0.1) is 0 Å². The Morgan fingerprint density at radius 1 is 1.23 bits per heavy atom. The number of hydrogen-bond acceptors (Lipinski definition) is 2. The normalized spacial score (nSPS) is 17.0. The van der Waals surface area contributed by atoms with Crippen LogP contribution in [0.3, 0.4) is 0 Å². The molecule has 0 fully saturated rings. The van der Waals surface area contributed by atoms with E-state index >= 15 is 0 Å². The van der Waals surface area contributed by atoms with Gasteiger partial charge in [-0.1, -0.05) is 23.7 Å². The van der Waals surface area contributed by atoms with Gasteiger partial charge in [-0.05, 0) is 41.8 Å². The van der Waals surface area contributed by atoms with E-state index in [1.54, 1.807) is 0 Å². The van der Waals surface area contributed by atoms with Gasteiger partial charge in [0, 0.05) is 17.2 Å². The van der Waals surface area contributed by atoms with Crippen molar-refractivity contribution in [1.29, 1.82) is 0 Å². The summed E-state index contributed by atoms with van der Waals surface area (Å²) in [5.41, 5.74) is 14.4. The molecular formula is C21H26ClFN6O2+2. The number of hydrogen-bond donors (Lipinski definition) is 6. The lowest BCUT2D eigenvalue weighted by Crippen LogP contribution is -2.79. The molecule has 9 N–H and O–H groups in total. The van der Waals surface area contributed by atoms with Crippen LogP contribution in [0.5, 0.6) is 0 Å². The number of halogens is 2. The molecule has 2 aromatic rings. The number of nitrogens with two attached hydrogens (primary N) is 3. The maximum absolute atomic E-state index is 13.6. The molecule has 0 aliphatic heterocycles. The van der Waals surface area contributed by atoms with Crippen molar-refractivity contribution >= 4 is 35.1 Å². The van der Waals surface area contributed by atoms with Crippen LogP contribution in [0.4, 0.5) is 10.1 Å². The average molecular weight is 449 g/mol. The number of carbonyl (C=O) groups is 2. The molecule has 0 bridgehead atoms. The van der Waals surface area contributed by atoms with Crippen LogP contribution in [0.25, 0.3) is 0 Å². The number of anilines is 1. The van der Waals surface area contributed by atoms with Crippen molar-refractivity contribution < 1.29 is 24.3 Å². The molecule has 2 atom stereocenters. The number of fused-ring (bicyclic) bond motifs is 1. The Hall–Kier alpha value is -3.17. The van der Waals surface area contributed by atoms with Crippen LogP contribution in [0, 0.1) is 11.7 Å². The fourth-order valence-electron chi connectivity index (χ4n) is 3.74. The monoisotopic (exact) mass is 448 g/mol. The molecule has 2 amide bonds. The summed E-state index contributed by atoms with van der Waals surface area (Å²) in [6, 6.07) is 9.51. The van der Waals surface area contributed by atoms with Gasteiger partial charge in [0.2, 0.25) is 0 Å². The van der Waals surface area contributed by atoms with Gasteiger partial charge in [-0.3, -0.25) is 26.0 Å². The Kier molecular flexibility index (Phi) is 7.09. The maximum atomic E-state index is 13.6. The standard InChI is InChI=1S/C21H24ClFN6O2/c1-26-9-11-2-3-12-7-13(10-27-21(24)25)18(15(12)6-11)29-20(31)19(30)28-14-4-5-16(22)17(23)8-14/h2-6,8,13,18,26H,7,9-10H2,1H3,(H,28,30)(H,29,31)(H4,24,25,27)/p+2/t13-,18-/m1/s1. The van der Waals surface area contributed by atoms with Gasteiger partial charge in [0.1, 0.15) is 12.4 Å². The van der Waals surface area contributed by atoms with E-state index < -0.39 is 23.7 Å². The number of carbonyl (C=O) groups excluding carboxylic acids is 2. The summed E-state index contributed by atoms with van der Waals surface area (Å²) >= 11 is 5.65. The van der Waals surface area contributed by atoms with Crippen LogP contribution < -0.4 is 32.4 Å². The summed E-state index contributed by atoms with van der Waals surface area (Å²) in [6.07, 6.45) is 0.695. The minimum Gasteiger partial charge on any atom is -0.345 e. The van der Waals surface area contributed by atoms with Crippen molar-refractivity contribution in [1.82, 2.24) is 5.32 Å². The van der Waals surface area contributed by atoms with E-state index in [9.17, 15) is 14.0 Å². The van der Waals surface area contributed by atoms with E-state index in [0.29, 0.717) is 13.0 Å². The van der Waals surface area contributed by atoms with Crippen LogP contribution >= 0.6 is 11.6 Å². The van der Waals surface area contributed by atoms with Gasteiger partial charge in [0.15, 0.2) is 0 Å². The van der Waals surface area contributed by atoms with Crippen LogP contribution in [-0.2, 0) is 22.6 Å². The number of nitrogens with one attached hydrogen (secondary N) is 3. The quantitative estimate of drug-likeness (QED) is 0.182. The lowest BCUT2D eigenvalue weighted by molar-refractivity contribution is -0.643. The second-order valence-electron chi connectivity index (χ2n) is 7.48. The molecule has 31 heavy (non-hydrogen) atoms. The zero-order valence-electron chi connectivity index (χ0n) is 17.0. The van der Waals surface area contributed by atoms with Gasteiger partial charge in [-0.25, -0.2) is 4.39 Å². The summed E-state index contributed by atoms with van der Waals surface area (Å²) < 4.78 is 13.6. The van der Waals surface area contributed by atoms with Crippen molar-refractivity contribution in [3.63, 3.8) is 0 Å². The molecule has 0 aromatic heterocycles. The van der Waals surface area contributed by atoms with Gasteiger partial charge in [0.05, 0.1) is 24.7 Å². The summed E-state index contributed by atoms with van der Waals surface area (Å²) in [5, 5.41) is 7.18. The van der Waals surface area contributed by atoms with Crippen LogP contribution in [0.2, 0.25) is 5.02 Å². The largest absolute Gasteiger partial charge is 0.345 e. The molecule has 0 spiro atoms. The first-order valence-electron chi connectivity index (χ1n) is 9.86. The molecule has 2 aromatic carbocycles. The van der Waals surface area contributed by atoms with Crippen molar-refractivity contribution in [3.05, 3.63) is 63.9 Å². The topological polar surface area (TPSA) is 141 Å². The predicted octanol–water partition coefficient (Wildman–Crippen LogP) is -1.51. The highest BCUT2D eigenvalue weighted by Crippen LogP contribution is 2.36. The molecule has 8 nitrogen and oxygen atoms in total. The Morgan fingerprint density at radius 3 is 2.68 bits per heavy atom. The fourth-order valence-corrected chi connectivity index (χ4v) is 3.86. The van der Waals surface area contributed by atoms with E-state index in [2.05, 4.69) is 21.7 Å². The van der Waals surface area contributed by atoms with E-state index in [1.165, 1.54) is 12.1 Å². The Morgan fingerprint density at radius 2 is 2.00 bits per heavy atom. The molecule has 1 aliphatic rings. The van der Waals surface area contributed by atoms with Crippen molar-refractivity contribution in [3.8, 4) is 0 Å². The molecule has 0 heterocycles. The molecule has 0 unspecified atom stereocenters. The fraction of sp³-hybridized carbons (Fsp3) is 0.286. The summed E-state index contributed by atoms with van der Waals surface area (Å²) in [5.74, 6) is -2.38. The molecule has 3 rings (SSSR count). The third-order valence-corrected chi connectivity index (χ3v) is 5.48. The smallest absolute Gasteiger partial charge is 0.338 e. The first kappa shape index (κ1) is 22.5. The second kappa shape index (κ2) is 9.76. The number of benzene rings is 2. The molecule has 0 radical (unpaired) electrons. The van der Waals surface area contributed by atoms with Crippen LogP contribution in [0.15, 0.2) is 36.4 Å². The number of amides is 2. The maximum Gasteiger partial charge on any atom is 0.338 e. The van der Waals surface area contributed by atoms with Gasteiger partial charge >= 0.3 is 17.8 Å². The molecule has 0 saturated heterocycles. The van der Waals surface area contributed by atoms with Crippen molar-refractivity contribution in [2.45, 2.75) is 19.0 Å². The minimum absolute atomic E-state index is 0.0531. The summed E-state index contributed by atoms with van der Waals surface area (Å²) in [4.78, 5) is 27.9. The number of guanidine groups is 1. The molecule has 1 aliphatic carbocycles.